The molecule has 1 aromatic rings. The van der Waals surface area contributed by atoms with Crippen LogP contribution in [0.25, 0.3) is 0 Å². The number of aromatic nitrogens is 1. The fraction of sp³-hybridized carbons (Fsp3) is 0.538. The van der Waals surface area contributed by atoms with E-state index in [0.717, 1.165) is 18.4 Å². The second kappa shape index (κ2) is 5.64. The van der Waals surface area contributed by atoms with Gasteiger partial charge in [0.25, 0.3) is 0 Å². The van der Waals surface area contributed by atoms with Gasteiger partial charge in [0.05, 0.1) is 0 Å². The first-order valence-corrected chi connectivity index (χ1v) is 5.62. The Kier molecular flexibility index (Phi) is 4.47. The minimum Gasteiger partial charge on any atom is -0.292 e. The third-order valence-electron chi connectivity index (χ3n) is 2.49. The first-order chi connectivity index (χ1) is 7.15. The Morgan fingerprint density at radius 3 is 2.80 bits per heavy atom. The molecule has 0 aliphatic rings. The molecule has 0 radical (unpaired) electrons. The molecule has 0 aliphatic heterocycles. The van der Waals surface area contributed by atoms with Crippen molar-refractivity contribution in [1.29, 1.82) is 0 Å². The Labute approximate surface area is 91.7 Å². The fourth-order valence-electron chi connectivity index (χ4n) is 1.51. The molecule has 0 N–H and O–H groups in total. The van der Waals surface area contributed by atoms with E-state index < -0.39 is 0 Å². The zero-order chi connectivity index (χ0) is 11.3. The summed E-state index contributed by atoms with van der Waals surface area (Å²) in [4.78, 5) is 16.0. The highest BCUT2D eigenvalue weighted by atomic mass is 16.1. The molecule has 0 fully saturated rings. The van der Waals surface area contributed by atoms with Gasteiger partial charge in [-0.1, -0.05) is 26.8 Å². The summed E-state index contributed by atoms with van der Waals surface area (Å²) in [5, 5.41) is 0. The van der Waals surface area contributed by atoms with Gasteiger partial charge in [0, 0.05) is 12.6 Å². The van der Waals surface area contributed by atoms with Crippen molar-refractivity contribution in [3.63, 3.8) is 0 Å². The fourth-order valence-corrected chi connectivity index (χ4v) is 1.51. The average Bonchev–Trinajstić information content (AvgIpc) is 2.25. The summed E-state index contributed by atoms with van der Waals surface area (Å²) in [5.41, 5.74) is 1.73. The third-order valence-corrected chi connectivity index (χ3v) is 2.49. The Balaban J connectivity index is 2.72. The molecule has 0 aliphatic carbocycles. The van der Waals surface area contributed by atoms with Gasteiger partial charge in [-0.25, -0.2) is 0 Å². The number of carbonyl (C=O) groups excluding carboxylic acids is 1. The van der Waals surface area contributed by atoms with Crippen molar-refractivity contribution >= 4 is 5.78 Å². The highest BCUT2D eigenvalue weighted by molar-refractivity contribution is 5.95. The minimum absolute atomic E-state index is 0.182. The quantitative estimate of drug-likeness (QED) is 0.690. The predicted molar refractivity (Wildman–Crippen MR) is 62.0 cm³/mol. The van der Waals surface area contributed by atoms with Crippen molar-refractivity contribution < 1.29 is 4.79 Å². The molecular formula is C13H19NO. The van der Waals surface area contributed by atoms with Crippen LogP contribution < -0.4 is 0 Å². The van der Waals surface area contributed by atoms with Crippen LogP contribution in [0.5, 0.6) is 0 Å². The molecule has 1 rings (SSSR count). The molecule has 0 aromatic carbocycles. The summed E-state index contributed by atoms with van der Waals surface area (Å²) in [6.07, 6.45) is 4.12. The van der Waals surface area contributed by atoms with E-state index in [0.29, 0.717) is 18.0 Å². The Bertz CT molecular complexity index is 331. The van der Waals surface area contributed by atoms with Crippen LogP contribution in [0.3, 0.4) is 0 Å². The minimum atomic E-state index is 0.182. The van der Waals surface area contributed by atoms with Gasteiger partial charge in [-0.15, -0.1) is 0 Å². The number of rotatable bonds is 5. The number of hydrogen-bond donors (Lipinski definition) is 0. The van der Waals surface area contributed by atoms with E-state index in [1.165, 1.54) is 0 Å². The lowest BCUT2D eigenvalue weighted by molar-refractivity contribution is 0.0969. The average molecular weight is 205 g/mol. The van der Waals surface area contributed by atoms with Gasteiger partial charge in [0.2, 0.25) is 0 Å². The van der Waals surface area contributed by atoms with Crippen molar-refractivity contribution in [1.82, 2.24) is 4.98 Å². The summed E-state index contributed by atoms with van der Waals surface area (Å²) in [5.74, 6) is 0.754. The molecule has 15 heavy (non-hydrogen) atoms. The molecule has 82 valence electrons. The van der Waals surface area contributed by atoms with Gasteiger partial charge < -0.3 is 0 Å². The number of nitrogens with zero attached hydrogens (tertiary/aromatic N) is 1. The van der Waals surface area contributed by atoms with Crippen molar-refractivity contribution in [2.24, 2.45) is 5.92 Å². The van der Waals surface area contributed by atoms with E-state index in [4.69, 9.17) is 0 Å². The van der Waals surface area contributed by atoms with E-state index in [9.17, 15) is 4.79 Å². The summed E-state index contributed by atoms with van der Waals surface area (Å²) in [6, 6.07) is 3.87. The monoisotopic (exact) mass is 205 g/mol. The Morgan fingerprint density at radius 2 is 2.20 bits per heavy atom. The zero-order valence-corrected chi connectivity index (χ0v) is 9.79. The molecule has 0 saturated heterocycles. The summed E-state index contributed by atoms with van der Waals surface area (Å²) in [7, 11) is 0. The number of aryl methyl sites for hydroxylation is 1. The predicted octanol–water partition coefficient (Wildman–Crippen LogP) is 3.26. The highest BCUT2D eigenvalue weighted by Crippen LogP contribution is 2.12. The Morgan fingerprint density at radius 1 is 1.47 bits per heavy atom. The van der Waals surface area contributed by atoms with Gasteiger partial charge in [-0.3, -0.25) is 9.78 Å². The largest absolute Gasteiger partial charge is 0.292 e. The van der Waals surface area contributed by atoms with Gasteiger partial charge in [0.1, 0.15) is 5.69 Å². The van der Waals surface area contributed by atoms with Crippen LogP contribution in [0.4, 0.5) is 0 Å². The molecule has 0 atom stereocenters. The summed E-state index contributed by atoms with van der Waals surface area (Å²) < 4.78 is 0. The lowest BCUT2D eigenvalue weighted by atomic mass is 10.0. The number of carbonyl (C=O) groups is 1. The third kappa shape index (κ3) is 3.46. The van der Waals surface area contributed by atoms with Crippen LogP contribution in [0.2, 0.25) is 0 Å². The van der Waals surface area contributed by atoms with Crippen LogP contribution in [-0.4, -0.2) is 10.8 Å². The maximum Gasteiger partial charge on any atom is 0.181 e. The second-order valence-electron chi connectivity index (χ2n) is 4.22. The van der Waals surface area contributed by atoms with E-state index in [2.05, 4.69) is 25.8 Å². The normalized spacial score (nSPS) is 10.7. The van der Waals surface area contributed by atoms with Crippen LogP contribution in [0.15, 0.2) is 18.3 Å². The standard InChI is InChI=1S/C13H19NO/c1-4-11-6-5-9-14-13(11)12(15)8-7-10(2)3/h5-6,9-10H,4,7-8H2,1-3H3. The molecule has 1 heterocycles. The van der Waals surface area contributed by atoms with Gasteiger partial charge >= 0.3 is 0 Å². The van der Waals surface area contributed by atoms with E-state index >= 15 is 0 Å². The topological polar surface area (TPSA) is 30.0 Å². The second-order valence-corrected chi connectivity index (χ2v) is 4.22. The molecule has 2 nitrogen and oxygen atoms in total. The van der Waals surface area contributed by atoms with Crippen molar-refractivity contribution in [2.75, 3.05) is 0 Å². The van der Waals surface area contributed by atoms with Crippen LogP contribution >= 0.6 is 0 Å². The number of hydrogen-bond acceptors (Lipinski definition) is 2. The van der Waals surface area contributed by atoms with Crippen molar-refractivity contribution in [3.05, 3.63) is 29.6 Å². The maximum atomic E-state index is 11.9. The first kappa shape index (κ1) is 11.9. The van der Waals surface area contributed by atoms with Crippen molar-refractivity contribution in [3.8, 4) is 0 Å². The number of Topliss-reactive ketones (excluding diaryl/α,β-unsaturated/α-hetero) is 1. The van der Waals surface area contributed by atoms with Gasteiger partial charge in [-0.05, 0) is 30.4 Å². The molecule has 0 unspecified atom stereocenters. The highest BCUT2D eigenvalue weighted by Gasteiger charge is 2.11. The van der Waals surface area contributed by atoms with Crippen LogP contribution in [0.1, 0.15) is 49.7 Å². The summed E-state index contributed by atoms with van der Waals surface area (Å²) >= 11 is 0. The number of pyridine rings is 1. The van der Waals surface area contributed by atoms with Crippen LogP contribution in [-0.2, 0) is 6.42 Å². The van der Waals surface area contributed by atoms with E-state index in [-0.39, 0.29) is 5.78 Å². The molecule has 1 aromatic heterocycles. The molecular weight excluding hydrogens is 186 g/mol. The van der Waals surface area contributed by atoms with Crippen LogP contribution in [0, 0.1) is 5.92 Å². The smallest absolute Gasteiger partial charge is 0.181 e. The maximum absolute atomic E-state index is 11.9. The molecule has 2 heteroatoms. The SMILES string of the molecule is CCc1cccnc1C(=O)CCC(C)C. The zero-order valence-electron chi connectivity index (χ0n) is 9.79. The first-order valence-electron chi connectivity index (χ1n) is 5.62. The lowest BCUT2D eigenvalue weighted by Gasteiger charge is -2.06. The lowest BCUT2D eigenvalue weighted by Crippen LogP contribution is -2.07. The van der Waals surface area contributed by atoms with Gasteiger partial charge in [0.15, 0.2) is 5.78 Å². The molecule has 0 bridgehead atoms. The summed E-state index contributed by atoms with van der Waals surface area (Å²) in [6.45, 7) is 6.31. The van der Waals surface area contributed by atoms with Gasteiger partial charge in [-0.2, -0.15) is 0 Å². The molecule has 0 amide bonds. The number of ketones is 1. The molecule has 0 saturated carbocycles. The Hall–Kier alpha value is -1.18. The van der Waals surface area contributed by atoms with E-state index in [1.54, 1.807) is 6.20 Å². The molecule has 0 spiro atoms. The van der Waals surface area contributed by atoms with Crippen molar-refractivity contribution in [2.45, 2.75) is 40.0 Å². The van der Waals surface area contributed by atoms with E-state index in [1.807, 2.05) is 12.1 Å².